The molecule has 0 saturated heterocycles. The lowest BCUT2D eigenvalue weighted by molar-refractivity contribution is 0.174. The summed E-state index contributed by atoms with van der Waals surface area (Å²) in [5, 5.41) is 1.51. The highest BCUT2D eigenvalue weighted by molar-refractivity contribution is 5.93. The Bertz CT molecular complexity index is 1020. The van der Waals surface area contributed by atoms with Crippen LogP contribution in [0.2, 0.25) is 0 Å². The van der Waals surface area contributed by atoms with Crippen molar-refractivity contribution in [2.45, 2.75) is 13.8 Å². The van der Waals surface area contributed by atoms with E-state index in [0.717, 1.165) is 28.2 Å². The number of aromatic nitrogens is 1. The molecule has 0 bridgehead atoms. The van der Waals surface area contributed by atoms with Crippen LogP contribution in [-0.2, 0) is 0 Å². The first-order valence-electron chi connectivity index (χ1n) is 7.70. The molecule has 0 spiro atoms. The molecular weight excluding hydrogens is 306 g/mol. The molecule has 0 saturated carbocycles. The smallest absolute Gasteiger partial charge is 0.231 e. The van der Waals surface area contributed by atoms with Crippen molar-refractivity contribution >= 4 is 10.8 Å². The fraction of sp³-hybridized carbons (Fsp3) is 0.211. The van der Waals surface area contributed by atoms with Gasteiger partial charge in [-0.2, -0.15) is 0 Å². The van der Waals surface area contributed by atoms with Gasteiger partial charge >= 0.3 is 0 Å². The summed E-state index contributed by atoms with van der Waals surface area (Å²) in [7, 11) is 1.62. The highest BCUT2D eigenvalue weighted by atomic mass is 16.7. The van der Waals surface area contributed by atoms with E-state index in [0.29, 0.717) is 16.9 Å². The lowest BCUT2D eigenvalue weighted by atomic mass is 10.2. The average molecular weight is 323 g/mol. The summed E-state index contributed by atoms with van der Waals surface area (Å²) in [5.41, 5.74) is 2.73. The van der Waals surface area contributed by atoms with Crippen LogP contribution in [0.3, 0.4) is 0 Å². The van der Waals surface area contributed by atoms with E-state index in [-0.39, 0.29) is 12.2 Å². The summed E-state index contributed by atoms with van der Waals surface area (Å²) in [4.78, 5) is 12.5. The zero-order valence-corrected chi connectivity index (χ0v) is 13.8. The molecule has 2 aromatic carbocycles. The minimum Gasteiger partial charge on any atom is -0.496 e. The second-order valence-corrected chi connectivity index (χ2v) is 5.75. The number of aryl methyl sites for hydroxylation is 2. The van der Waals surface area contributed by atoms with Crippen molar-refractivity contribution in [3.63, 3.8) is 0 Å². The number of ether oxygens (including phenoxy) is 3. The first-order chi connectivity index (χ1) is 11.6. The van der Waals surface area contributed by atoms with E-state index >= 15 is 0 Å². The standard InChI is InChI=1S/C19H17NO4/c1-11-18-14(21)5-4-6-16(22-3)19(18)12(2)20(11)13-7-8-15-17(9-13)24-10-23-15/h4-9H,10H2,1-3H3. The molecule has 24 heavy (non-hydrogen) atoms. The topological polar surface area (TPSA) is 49.7 Å². The summed E-state index contributed by atoms with van der Waals surface area (Å²) in [6.07, 6.45) is 0. The molecule has 5 nitrogen and oxygen atoms in total. The van der Waals surface area contributed by atoms with Gasteiger partial charge in [0.15, 0.2) is 16.9 Å². The number of methoxy groups -OCH3 is 1. The SMILES string of the molecule is COc1cccc(=O)c2c(C)n(-c3ccc4c(c3)OCO4)c(C)c12. The Kier molecular flexibility index (Phi) is 3.23. The van der Waals surface area contributed by atoms with E-state index in [1.807, 2.05) is 38.1 Å². The van der Waals surface area contributed by atoms with Crippen LogP contribution in [-0.4, -0.2) is 18.5 Å². The molecule has 0 atom stereocenters. The van der Waals surface area contributed by atoms with E-state index in [1.54, 1.807) is 19.2 Å². The Morgan fingerprint density at radius 2 is 1.75 bits per heavy atom. The predicted molar refractivity (Wildman–Crippen MR) is 91.7 cm³/mol. The lowest BCUT2D eigenvalue weighted by Gasteiger charge is -2.10. The fourth-order valence-corrected chi connectivity index (χ4v) is 3.41. The molecule has 1 aliphatic rings. The number of benzene rings is 1. The molecule has 0 fully saturated rings. The lowest BCUT2D eigenvalue weighted by Crippen LogP contribution is -2.01. The number of hydrogen-bond acceptors (Lipinski definition) is 4. The first kappa shape index (κ1) is 14.6. The van der Waals surface area contributed by atoms with Crippen molar-refractivity contribution < 1.29 is 14.2 Å². The van der Waals surface area contributed by atoms with Crippen LogP contribution in [0.5, 0.6) is 17.2 Å². The predicted octanol–water partition coefficient (Wildman–Crippen LogP) is 3.34. The number of hydrogen-bond donors (Lipinski definition) is 0. The van der Waals surface area contributed by atoms with Crippen LogP contribution < -0.4 is 19.6 Å². The van der Waals surface area contributed by atoms with E-state index in [9.17, 15) is 4.79 Å². The molecule has 0 unspecified atom stereocenters. The van der Waals surface area contributed by atoms with Crippen molar-refractivity contribution in [3.8, 4) is 22.9 Å². The van der Waals surface area contributed by atoms with Gasteiger partial charge in [-0.1, -0.05) is 6.07 Å². The minimum atomic E-state index is -0.0200. The number of fused-ring (bicyclic) bond motifs is 2. The van der Waals surface area contributed by atoms with Crippen LogP contribution in [0, 0.1) is 13.8 Å². The van der Waals surface area contributed by atoms with Crippen molar-refractivity contribution in [3.05, 3.63) is 58.0 Å². The Morgan fingerprint density at radius 1 is 1.00 bits per heavy atom. The van der Waals surface area contributed by atoms with Gasteiger partial charge in [0.1, 0.15) is 5.75 Å². The summed E-state index contributed by atoms with van der Waals surface area (Å²) < 4.78 is 18.4. The van der Waals surface area contributed by atoms with Gasteiger partial charge < -0.3 is 18.8 Å². The van der Waals surface area contributed by atoms with Crippen molar-refractivity contribution in [2.24, 2.45) is 0 Å². The van der Waals surface area contributed by atoms with Crippen LogP contribution in [0.4, 0.5) is 0 Å². The molecule has 3 aromatic rings. The Hall–Kier alpha value is -2.95. The van der Waals surface area contributed by atoms with Gasteiger partial charge in [0.2, 0.25) is 6.79 Å². The summed E-state index contributed by atoms with van der Waals surface area (Å²) in [5.74, 6) is 2.13. The molecule has 1 aromatic heterocycles. The van der Waals surface area contributed by atoms with Crippen LogP contribution in [0.1, 0.15) is 11.4 Å². The Labute approximate surface area is 139 Å². The molecule has 122 valence electrons. The van der Waals surface area contributed by atoms with E-state index < -0.39 is 0 Å². The minimum absolute atomic E-state index is 0.0200. The van der Waals surface area contributed by atoms with Gasteiger partial charge in [-0.25, -0.2) is 0 Å². The molecule has 0 N–H and O–H groups in total. The highest BCUT2D eigenvalue weighted by Gasteiger charge is 2.20. The summed E-state index contributed by atoms with van der Waals surface area (Å²) in [6.45, 7) is 4.17. The van der Waals surface area contributed by atoms with Gasteiger partial charge in [0, 0.05) is 28.5 Å². The van der Waals surface area contributed by atoms with Gasteiger partial charge in [0.05, 0.1) is 12.5 Å². The molecule has 2 heterocycles. The Morgan fingerprint density at radius 3 is 2.54 bits per heavy atom. The van der Waals surface area contributed by atoms with Crippen molar-refractivity contribution in [2.75, 3.05) is 13.9 Å². The second-order valence-electron chi connectivity index (χ2n) is 5.75. The molecule has 0 aliphatic carbocycles. The van der Waals surface area contributed by atoms with E-state index in [2.05, 4.69) is 4.57 Å². The third kappa shape index (κ3) is 1.98. The maximum absolute atomic E-state index is 12.5. The Balaban J connectivity index is 2.08. The first-order valence-corrected chi connectivity index (χ1v) is 7.70. The number of rotatable bonds is 2. The monoisotopic (exact) mass is 323 g/mol. The third-order valence-electron chi connectivity index (χ3n) is 4.47. The van der Waals surface area contributed by atoms with Crippen LogP contribution in [0.25, 0.3) is 16.5 Å². The highest BCUT2D eigenvalue weighted by Crippen LogP contribution is 2.37. The molecule has 1 aliphatic heterocycles. The quantitative estimate of drug-likeness (QED) is 0.726. The third-order valence-corrected chi connectivity index (χ3v) is 4.47. The largest absolute Gasteiger partial charge is 0.496 e. The number of nitrogens with zero attached hydrogens (tertiary/aromatic N) is 1. The van der Waals surface area contributed by atoms with E-state index in [1.165, 1.54) is 0 Å². The summed E-state index contributed by atoms with van der Waals surface area (Å²) in [6, 6.07) is 10.9. The summed E-state index contributed by atoms with van der Waals surface area (Å²) >= 11 is 0. The maximum atomic E-state index is 12.5. The van der Waals surface area contributed by atoms with Gasteiger partial charge in [-0.05, 0) is 38.1 Å². The molecular formula is C19H17NO4. The molecule has 4 rings (SSSR count). The molecule has 0 amide bonds. The van der Waals surface area contributed by atoms with E-state index in [4.69, 9.17) is 14.2 Å². The van der Waals surface area contributed by atoms with Gasteiger partial charge in [-0.15, -0.1) is 0 Å². The second kappa shape index (κ2) is 5.30. The van der Waals surface area contributed by atoms with Crippen LogP contribution in [0.15, 0.2) is 41.2 Å². The zero-order chi connectivity index (χ0) is 16.8. The zero-order valence-electron chi connectivity index (χ0n) is 13.8. The average Bonchev–Trinajstić information content (AvgIpc) is 3.08. The fourth-order valence-electron chi connectivity index (χ4n) is 3.41. The van der Waals surface area contributed by atoms with Gasteiger partial charge in [-0.3, -0.25) is 4.79 Å². The van der Waals surface area contributed by atoms with Gasteiger partial charge in [0.25, 0.3) is 0 Å². The molecule has 0 radical (unpaired) electrons. The molecule has 5 heteroatoms. The normalized spacial score (nSPS) is 12.6. The van der Waals surface area contributed by atoms with Crippen molar-refractivity contribution in [1.29, 1.82) is 0 Å². The van der Waals surface area contributed by atoms with Crippen LogP contribution >= 0.6 is 0 Å². The van der Waals surface area contributed by atoms with Crippen molar-refractivity contribution in [1.82, 2.24) is 4.57 Å². The maximum Gasteiger partial charge on any atom is 0.231 e.